The Labute approximate surface area is 122 Å². The molecule has 1 atom stereocenters. The van der Waals surface area contributed by atoms with Crippen molar-refractivity contribution in [2.45, 2.75) is 54.1 Å². The fraction of sp³-hybridized carbons (Fsp3) is 0.867. The number of amides is 1. The van der Waals surface area contributed by atoms with Crippen LogP contribution in [0.2, 0.25) is 0 Å². The van der Waals surface area contributed by atoms with Crippen molar-refractivity contribution in [1.29, 1.82) is 0 Å². The molecule has 1 N–H and O–H groups in total. The van der Waals surface area contributed by atoms with Crippen LogP contribution < -0.4 is 5.32 Å². The Balaban J connectivity index is 4.78. The van der Waals surface area contributed by atoms with Crippen LogP contribution in [0.4, 0.5) is 0 Å². The zero-order valence-electron chi connectivity index (χ0n) is 13.8. The molecule has 0 aromatic carbocycles. The van der Waals surface area contributed by atoms with E-state index in [1.165, 1.54) is 0 Å². The summed E-state index contributed by atoms with van der Waals surface area (Å²) >= 11 is 0. The lowest BCUT2D eigenvalue weighted by Crippen LogP contribution is -2.48. The molecule has 5 heteroatoms. The highest BCUT2D eigenvalue weighted by Crippen LogP contribution is 2.27. The summed E-state index contributed by atoms with van der Waals surface area (Å²) in [6, 6.07) is 0. The minimum absolute atomic E-state index is 0.267. The average molecular weight is 287 g/mol. The Bertz CT molecular complexity index is 331. The van der Waals surface area contributed by atoms with E-state index in [1.807, 2.05) is 41.5 Å². The third kappa shape index (κ3) is 6.37. The monoisotopic (exact) mass is 287 g/mol. The number of nitrogens with one attached hydrogen (secondary N) is 1. The van der Waals surface area contributed by atoms with Crippen LogP contribution >= 0.6 is 0 Å². The molecule has 0 aliphatic carbocycles. The highest BCUT2D eigenvalue weighted by molar-refractivity contribution is 5.98. The van der Waals surface area contributed by atoms with Crippen LogP contribution in [-0.4, -0.2) is 37.2 Å². The van der Waals surface area contributed by atoms with Gasteiger partial charge >= 0.3 is 5.97 Å². The lowest BCUT2D eigenvalue weighted by atomic mass is 9.80. The molecule has 1 amide bonds. The number of hydrogen-bond donors (Lipinski definition) is 1. The lowest BCUT2D eigenvalue weighted by Gasteiger charge is -2.30. The summed E-state index contributed by atoms with van der Waals surface area (Å²) in [6.07, 6.45) is 0. The Morgan fingerprint density at radius 1 is 1.05 bits per heavy atom. The molecule has 0 aliphatic rings. The standard InChI is InChI=1S/C15H29NO4/c1-8-19-13(18)11(14(3,4)5)12(17)16-10-15(6,7)20-9-2/h11H,8-10H2,1-7H3,(H,16,17). The maximum absolute atomic E-state index is 12.3. The molecule has 118 valence electrons. The summed E-state index contributed by atoms with van der Waals surface area (Å²) in [4.78, 5) is 24.3. The second-order valence-corrected chi connectivity index (χ2v) is 6.46. The van der Waals surface area contributed by atoms with Crippen molar-refractivity contribution in [3.8, 4) is 0 Å². The second kappa shape index (κ2) is 7.62. The van der Waals surface area contributed by atoms with Crippen LogP contribution in [-0.2, 0) is 19.1 Å². The molecule has 0 aromatic heterocycles. The number of esters is 1. The maximum Gasteiger partial charge on any atom is 0.319 e. The van der Waals surface area contributed by atoms with Gasteiger partial charge in [0, 0.05) is 13.2 Å². The third-order valence-corrected chi connectivity index (χ3v) is 2.87. The summed E-state index contributed by atoms with van der Waals surface area (Å²) in [6.45, 7) is 14.2. The lowest BCUT2D eigenvalue weighted by molar-refractivity contribution is -0.157. The van der Waals surface area contributed by atoms with E-state index < -0.39 is 22.9 Å². The number of ether oxygens (including phenoxy) is 2. The Kier molecular flexibility index (Phi) is 7.20. The molecule has 0 saturated heterocycles. The SMILES string of the molecule is CCOC(=O)C(C(=O)NCC(C)(C)OCC)C(C)(C)C. The topological polar surface area (TPSA) is 64.6 Å². The molecule has 0 aromatic rings. The van der Waals surface area contributed by atoms with Gasteiger partial charge in [0.2, 0.25) is 5.91 Å². The van der Waals surface area contributed by atoms with Gasteiger partial charge in [-0.25, -0.2) is 0 Å². The molecular formula is C15H29NO4. The predicted molar refractivity (Wildman–Crippen MR) is 78.3 cm³/mol. The first-order valence-corrected chi connectivity index (χ1v) is 7.13. The second-order valence-electron chi connectivity index (χ2n) is 6.46. The van der Waals surface area contributed by atoms with Gasteiger partial charge in [-0.3, -0.25) is 9.59 Å². The van der Waals surface area contributed by atoms with Crippen molar-refractivity contribution in [1.82, 2.24) is 5.32 Å². The summed E-state index contributed by atoms with van der Waals surface area (Å²) in [5.41, 5.74) is -0.951. The summed E-state index contributed by atoms with van der Waals surface area (Å²) in [5.74, 6) is -1.62. The first-order valence-electron chi connectivity index (χ1n) is 7.13. The predicted octanol–water partition coefficient (Wildman–Crippen LogP) is 2.14. The summed E-state index contributed by atoms with van der Waals surface area (Å²) in [7, 11) is 0. The first kappa shape index (κ1) is 18.9. The van der Waals surface area contributed by atoms with Gasteiger partial charge in [0.05, 0.1) is 12.2 Å². The number of rotatable bonds is 7. The van der Waals surface area contributed by atoms with Crippen LogP contribution in [0.25, 0.3) is 0 Å². The molecule has 0 spiro atoms. The zero-order chi connectivity index (χ0) is 16.0. The van der Waals surface area contributed by atoms with Gasteiger partial charge in [0.25, 0.3) is 0 Å². The van der Waals surface area contributed by atoms with E-state index in [2.05, 4.69) is 5.32 Å². The van der Waals surface area contributed by atoms with Crippen molar-refractivity contribution in [3.05, 3.63) is 0 Å². The smallest absolute Gasteiger partial charge is 0.319 e. The fourth-order valence-electron chi connectivity index (χ4n) is 1.92. The molecular weight excluding hydrogens is 258 g/mol. The Morgan fingerprint density at radius 2 is 1.60 bits per heavy atom. The number of hydrogen-bond acceptors (Lipinski definition) is 4. The van der Waals surface area contributed by atoms with Crippen LogP contribution in [0.1, 0.15) is 48.5 Å². The van der Waals surface area contributed by atoms with Crippen molar-refractivity contribution < 1.29 is 19.1 Å². The van der Waals surface area contributed by atoms with Gasteiger partial charge in [0.1, 0.15) is 5.92 Å². The van der Waals surface area contributed by atoms with E-state index in [9.17, 15) is 9.59 Å². The third-order valence-electron chi connectivity index (χ3n) is 2.87. The van der Waals surface area contributed by atoms with Crippen molar-refractivity contribution in [2.24, 2.45) is 11.3 Å². The maximum atomic E-state index is 12.3. The molecule has 0 fully saturated rings. The van der Waals surface area contributed by atoms with Gasteiger partial charge < -0.3 is 14.8 Å². The minimum atomic E-state index is -0.820. The van der Waals surface area contributed by atoms with E-state index in [0.29, 0.717) is 13.2 Å². The Morgan fingerprint density at radius 3 is 2.00 bits per heavy atom. The molecule has 0 radical (unpaired) electrons. The van der Waals surface area contributed by atoms with Crippen LogP contribution in [0.15, 0.2) is 0 Å². The molecule has 0 rings (SSSR count). The van der Waals surface area contributed by atoms with Gasteiger partial charge in [-0.1, -0.05) is 20.8 Å². The normalized spacial score (nSPS) is 13.8. The number of carbonyl (C=O) groups excluding carboxylic acids is 2. The largest absolute Gasteiger partial charge is 0.465 e. The molecule has 0 aliphatic heterocycles. The average Bonchev–Trinajstić information content (AvgIpc) is 2.25. The van der Waals surface area contributed by atoms with Crippen molar-refractivity contribution in [2.75, 3.05) is 19.8 Å². The molecule has 20 heavy (non-hydrogen) atoms. The zero-order valence-corrected chi connectivity index (χ0v) is 13.8. The van der Waals surface area contributed by atoms with Gasteiger partial charge in [-0.2, -0.15) is 0 Å². The molecule has 1 unspecified atom stereocenters. The van der Waals surface area contributed by atoms with Crippen molar-refractivity contribution in [3.63, 3.8) is 0 Å². The first-order chi connectivity index (χ1) is 9.05. The summed E-state index contributed by atoms with van der Waals surface area (Å²) in [5, 5.41) is 2.79. The van der Waals surface area contributed by atoms with E-state index in [4.69, 9.17) is 9.47 Å². The van der Waals surface area contributed by atoms with Gasteiger partial charge in [-0.15, -0.1) is 0 Å². The highest BCUT2D eigenvalue weighted by atomic mass is 16.5. The van der Waals surface area contributed by atoms with Crippen LogP contribution in [0.5, 0.6) is 0 Å². The van der Waals surface area contributed by atoms with E-state index >= 15 is 0 Å². The van der Waals surface area contributed by atoms with E-state index in [0.717, 1.165) is 0 Å². The molecule has 0 bridgehead atoms. The summed E-state index contributed by atoms with van der Waals surface area (Å²) < 4.78 is 10.5. The highest BCUT2D eigenvalue weighted by Gasteiger charge is 2.39. The molecule has 0 heterocycles. The minimum Gasteiger partial charge on any atom is -0.465 e. The Hall–Kier alpha value is -1.10. The van der Waals surface area contributed by atoms with Crippen molar-refractivity contribution >= 4 is 11.9 Å². The fourth-order valence-corrected chi connectivity index (χ4v) is 1.92. The molecule has 5 nitrogen and oxygen atoms in total. The van der Waals surface area contributed by atoms with E-state index in [1.54, 1.807) is 6.92 Å². The molecule has 0 saturated carbocycles. The van der Waals surface area contributed by atoms with Crippen LogP contribution in [0, 0.1) is 11.3 Å². The van der Waals surface area contributed by atoms with Crippen LogP contribution in [0.3, 0.4) is 0 Å². The van der Waals surface area contributed by atoms with E-state index in [-0.39, 0.29) is 12.5 Å². The van der Waals surface area contributed by atoms with Gasteiger partial charge in [-0.05, 0) is 33.1 Å². The van der Waals surface area contributed by atoms with Gasteiger partial charge in [0.15, 0.2) is 0 Å². The number of carbonyl (C=O) groups is 2. The quantitative estimate of drug-likeness (QED) is 0.575.